The maximum absolute atomic E-state index is 12.8. The van der Waals surface area contributed by atoms with Crippen LogP contribution < -0.4 is 4.74 Å². The molecule has 7 heteroatoms. The van der Waals surface area contributed by atoms with E-state index in [1.54, 1.807) is 6.07 Å². The zero-order valence-electron chi connectivity index (χ0n) is 40.5. The van der Waals surface area contributed by atoms with Gasteiger partial charge in [-0.25, -0.2) is 0 Å². The lowest BCUT2D eigenvalue weighted by Gasteiger charge is -2.17. The molecule has 1 aromatic carbocycles. The van der Waals surface area contributed by atoms with E-state index in [2.05, 4.69) is 38.2 Å². The van der Waals surface area contributed by atoms with Crippen LogP contribution in [0.1, 0.15) is 242 Å². The van der Waals surface area contributed by atoms with Gasteiger partial charge in [-0.2, -0.15) is 0 Å². The fraction of sp³-hybridized carbons (Fsp3) is 0.691. The summed E-state index contributed by atoms with van der Waals surface area (Å²) >= 11 is 0. The molecule has 0 saturated heterocycles. The van der Waals surface area contributed by atoms with Crippen LogP contribution in [0.25, 0.3) is 0 Å². The van der Waals surface area contributed by atoms with E-state index >= 15 is 0 Å². The topological polar surface area (TPSA) is 99.1 Å². The second-order valence-corrected chi connectivity index (χ2v) is 17.7. The second-order valence-electron chi connectivity index (χ2n) is 17.7. The minimum absolute atomic E-state index is 0.0938. The number of allylic oxidation sites excluding steroid dienone is 6. The molecule has 0 aromatic heterocycles. The summed E-state index contributed by atoms with van der Waals surface area (Å²) in [6, 6.07) is 1.67. The molecule has 1 N–H and O–H groups in total. The van der Waals surface area contributed by atoms with Gasteiger partial charge in [0.05, 0.1) is 12.7 Å². The molecular weight excluding hydrogens is 773 g/mol. The van der Waals surface area contributed by atoms with Crippen molar-refractivity contribution in [2.45, 2.75) is 240 Å². The highest BCUT2D eigenvalue weighted by molar-refractivity contribution is 5.84. The first kappa shape index (κ1) is 56.4. The van der Waals surface area contributed by atoms with Gasteiger partial charge in [-0.3, -0.25) is 14.4 Å². The molecule has 1 unspecified atom stereocenters. The summed E-state index contributed by atoms with van der Waals surface area (Å²) in [5.41, 5.74) is 3.01. The largest absolute Gasteiger partial charge is 0.507 e. The second kappa shape index (κ2) is 39.0. The van der Waals surface area contributed by atoms with Crippen LogP contribution in [0.2, 0.25) is 0 Å². The summed E-state index contributed by atoms with van der Waals surface area (Å²) in [4.78, 5) is 37.6. The van der Waals surface area contributed by atoms with Crippen molar-refractivity contribution in [3.8, 4) is 11.5 Å². The Labute approximate surface area is 379 Å². The van der Waals surface area contributed by atoms with Crippen molar-refractivity contribution in [2.75, 3.05) is 7.11 Å². The lowest BCUT2D eigenvalue weighted by atomic mass is 9.98. The molecule has 62 heavy (non-hydrogen) atoms. The number of rotatable bonds is 40. The van der Waals surface area contributed by atoms with Gasteiger partial charge in [-0.15, -0.1) is 0 Å². The number of esters is 2. The SMILES string of the molecule is CCCCCC=CCC=CCCCCCCCC(=O)OC(C=C(C)C)CC(C)=CCc1c(OC)cc(COC(=O)CCCCCCCCCCCCCCCCC)c(C=O)c1O. The molecule has 7 nitrogen and oxygen atoms in total. The van der Waals surface area contributed by atoms with Gasteiger partial charge < -0.3 is 19.3 Å². The Bertz CT molecular complexity index is 1450. The van der Waals surface area contributed by atoms with Gasteiger partial charge in [-0.1, -0.05) is 177 Å². The first-order chi connectivity index (χ1) is 30.2. The minimum Gasteiger partial charge on any atom is -0.507 e. The third-order valence-electron chi connectivity index (χ3n) is 11.5. The summed E-state index contributed by atoms with van der Waals surface area (Å²) in [6.07, 6.45) is 46.2. The van der Waals surface area contributed by atoms with Crippen molar-refractivity contribution in [3.63, 3.8) is 0 Å². The van der Waals surface area contributed by atoms with Gasteiger partial charge in [0.1, 0.15) is 24.2 Å². The molecule has 1 rings (SSSR count). The molecule has 0 aliphatic carbocycles. The fourth-order valence-electron chi connectivity index (χ4n) is 7.75. The molecule has 0 spiro atoms. The molecule has 1 aromatic rings. The van der Waals surface area contributed by atoms with Crippen LogP contribution in [0, 0.1) is 0 Å². The number of hydrogen-bond donors (Lipinski definition) is 1. The van der Waals surface area contributed by atoms with E-state index in [-0.39, 0.29) is 29.9 Å². The van der Waals surface area contributed by atoms with E-state index in [9.17, 15) is 19.5 Å². The van der Waals surface area contributed by atoms with E-state index in [4.69, 9.17) is 14.2 Å². The summed E-state index contributed by atoms with van der Waals surface area (Å²) in [6.45, 7) is 10.3. The summed E-state index contributed by atoms with van der Waals surface area (Å²) in [5.74, 6) is -0.265. The van der Waals surface area contributed by atoms with E-state index in [1.165, 1.54) is 123 Å². The van der Waals surface area contributed by atoms with Gasteiger partial charge in [0.25, 0.3) is 0 Å². The van der Waals surface area contributed by atoms with Crippen molar-refractivity contribution < 1.29 is 33.7 Å². The summed E-state index contributed by atoms with van der Waals surface area (Å²) < 4.78 is 17.1. The molecule has 0 saturated carbocycles. The zero-order chi connectivity index (χ0) is 45.5. The van der Waals surface area contributed by atoms with Crippen LogP contribution in [0.15, 0.2) is 53.7 Å². The first-order valence-corrected chi connectivity index (χ1v) is 25.0. The molecule has 0 aliphatic heterocycles. The Morgan fingerprint density at radius 2 is 1.15 bits per heavy atom. The number of aldehydes is 1. The van der Waals surface area contributed by atoms with E-state index < -0.39 is 6.10 Å². The highest BCUT2D eigenvalue weighted by Gasteiger charge is 2.19. The Kier molecular flexibility index (Phi) is 35.5. The van der Waals surface area contributed by atoms with Crippen LogP contribution in [0.3, 0.4) is 0 Å². The number of hydrogen-bond acceptors (Lipinski definition) is 7. The lowest BCUT2D eigenvalue weighted by Crippen LogP contribution is -2.17. The monoisotopic (exact) mass is 863 g/mol. The number of ether oxygens (including phenoxy) is 3. The van der Waals surface area contributed by atoms with Gasteiger partial charge in [-0.05, 0) is 84.3 Å². The number of aromatic hydroxyl groups is 1. The van der Waals surface area contributed by atoms with Crippen molar-refractivity contribution in [3.05, 3.63) is 70.4 Å². The molecule has 0 aliphatic rings. The zero-order valence-corrected chi connectivity index (χ0v) is 40.5. The van der Waals surface area contributed by atoms with Crippen LogP contribution in [-0.2, 0) is 32.1 Å². The maximum atomic E-state index is 12.8. The number of unbranched alkanes of at least 4 members (excludes halogenated alkanes) is 22. The smallest absolute Gasteiger partial charge is 0.306 e. The number of phenols is 1. The van der Waals surface area contributed by atoms with E-state index in [0.717, 1.165) is 62.5 Å². The molecule has 1 atom stereocenters. The third-order valence-corrected chi connectivity index (χ3v) is 11.5. The average molecular weight is 863 g/mol. The predicted octanol–water partition coefficient (Wildman–Crippen LogP) is 16.1. The molecule has 0 amide bonds. The number of methoxy groups -OCH3 is 1. The lowest BCUT2D eigenvalue weighted by molar-refractivity contribution is -0.147. The molecule has 0 bridgehead atoms. The first-order valence-electron chi connectivity index (χ1n) is 25.0. The van der Waals surface area contributed by atoms with Gasteiger partial charge in [0.15, 0.2) is 6.29 Å². The number of benzene rings is 1. The number of carbonyl (C=O) groups is 3. The standard InChI is InChI=1S/C55H90O7/c1-7-9-11-13-15-17-19-21-23-25-27-29-31-33-35-37-53(57)61-45-48-43-52(60-6)50(55(59)51(48)44-56)40-39-47(5)42-49(41-46(3)4)62-54(58)38-36-34-32-30-28-26-24-22-20-18-16-14-12-10-8-2/h16,18,22,24,39,41,43-44,49,59H,7-15,17,19-21,23,25-38,40,42,45H2,1-6H3. The van der Waals surface area contributed by atoms with Crippen LogP contribution in [-0.4, -0.2) is 36.5 Å². The summed E-state index contributed by atoms with van der Waals surface area (Å²) in [5, 5.41) is 11.2. The highest BCUT2D eigenvalue weighted by Crippen LogP contribution is 2.35. The highest BCUT2D eigenvalue weighted by atomic mass is 16.5. The van der Waals surface area contributed by atoms with Gasteiger partial charge in [0.2, 0.25) is 0 Å². The maximum Gasteiger partial charge on any atom is 0.306 e. The third kappa shape index (κ3) is 29.6. The Hall–Kier alpha value is -3.61. The summed E-state index contributed by atoms with van der Waals surface area (Å²) in [7, 11) is 1.51. The number of carbonyl (C=O) groups excluding carboxylic acids is 3. The Balaban J connectivity index is 2.48. The van der Waals surface area contributed by atoms with Crippen molar-refractivity contribution in [1.82, 2.24) is 0 Å². The molecule has 0 heterocycles. The van der Waals surface area contributed by atoms with Gasteiger partial charge in [0, 0.05) is 30.4 Å². The Morgan fingerprint density at radius 1 is 0.661 bits per heavy atom. The predicted molar refractivity (Wildman–Crippen MR) is 260 cm³/mol. The molecule has 0 radical (unpaired) electrons. The van der Waals surface area contributed by atoms with E-state index in [0.29, 0.717) is 48.8 Å². The normalized spacial score (nSPS) is 12.3. The molecule has 0 fully saturated rings. The number of phenolic OH excluding ortho intramolecular Hbond substituents is 1. The van der Waals surface area contributed by atoms with Crippen molar-refractivity contribution >= 4 is 18.2 Å². The fourth-order valence-corrected chi connectivity index (χ4v) is 7.75. The Morgan fingerprint density at radius 3 is 1.66 bits per heavy atom. The van der Waals surface area contributed by atoms with Crippen molar-refractivity contribution in [1.29, 1.82) is 0 Å². The van der Waals surface area contributed by atoms with Crippen LogP contribution in [0.4, 0.5) is 0 Å². The van der Waals surface area contributed by atoms with E-state index in [1.807, 2.05) is 32.9 Å². The van der Waals surface area contributed by atoms with Crippen molar-refractivity contribution in [2.24, 2.45) is 0 Å². The molecular formula is C55H90O7. The van der Waals surface area contributed by atoms with Crippen LogP contribution >= 0.6 is 0 Å². The average Bonchev–Trinajstić information content (AvgIpc) is 3.24. The molecule has 352 valence electrons. The van der Waals surface area contributed by atoms with Gasteiger partial charge >= 0.3 is 11.9 Å². The minimum atomic E-state index is -0.394. The quantitative estimate of drug-likeness (QED) is 0.0304. The van der Waals surface area contributed by atoms with Crippen LogP contribution in [0.5, 0.6) is 11.5 Å².